The maximum Gasteiger partial charge on any atom is 0.150 e. The van der Waals surface area contributed by atoms with Crippen LogP contribution in [0.1, 0.15) is 25.5 Å². The minimum absolute atomic E-state index is 0.0367. The Morgan fingerprint density at radius 1 is 1.41 bits per heavy atom. The minimum Gasteiger partial charge on any atom is -0.356 e. The average molecular weight is 363 g/mol. The highest BCUT2D eigenvalue weighted by Gasteiger charge is 2.21. The number of hydrogen-bond donors (Lipinski definition) is 0. The minimum atomic E-state index is 0.0367. The van der Waals surface area contributed by atoms with E-state index in [1.54, 1.807) is 0 Å². The molecule has 1 atom stereocenters. The fourth-order valence-electron chi connectivity index (χ4n) is 2.24. The Bertz CT molecular complexity index is 549. The molecule has 0 radical (unpaired) electrons. The molecule has 0 aliphatic carbocycles. The van der Waals surface area contributed by atoms with E-state index in [9.17, 15) is 0 Å². The smallest absolute Gasteiger partial charge is 0.150 e. The van der Waals surface area contributed by atoms with Crippen LogP contribution in [0.3, 0.4) is 0 Å². The Morgan fingerprint density at radius 3 is 3.06 bits per heavy atom. The van der Waals surface area contributed by atoms with Gasteiger partial charge >= 0.3 is 0 Å². The highest BCUT2D eigenvalue weighted by Crippen LogP contribution is 2.32. The van der Waals surface area contributed by atoms with E-state index in [1.807, 2.05) is 16.8 Å². The van der Waals surface area contributed by atoms with E-state index in [0.717, 1.165) is 39.1 Å². The lowest BCUT2D eigenvalue weighted by atomic mass is 10.2. The van der Waals surface area contributed by atoms with Gasteiger partial charge in [0.05, 0.1) is 10.5 Å². The van der Waals surface area contributed by atoms with Crippen LogP contribution in [0.15, 0.2) is 18.2 Å². The summed E-state index contributed by atoms with van der Waals surface area (Å²) >= 11 is 8.52. The van der Waals surface area contributed by atoms with Gasteiger partial charge in [0, 0.05) is 12.0 Å². The molecule has 1 aromatic carbocycles. The number of hydrogen-bond acceptors (Lipinski definition) is 2. The molecule has 0 spiro atoms. The first kappa shape index (κ1) is 11.7. The average Bonchev–Trinajstić information content (AvgIpc) is 2.70. The summed E-state index contributed by atoms with van der Waals surface area (Å²) in [5.41, 5.74) is 0.991. The van der Waals surface area contributed by atoms with E-state index in [2.05, 4.69) is 33.8 Å². The zero-order chi connectivity index (χ0) is 11.8. The second-order valence-electron chi connectivity index (χ2n) is 4.19. The molecule has 0 amide bonds. The number of rotatable bonds is 1. The third-order valence-corrected chi connectivity index (χ3v) is 4.16. The Labute approximate surface area is 118 Å². The molecule has 17 heavy (non-hydrogen) atoms. The van der Waals surface area contributed by atoms with Crippen LogP contribution in [0.4, 0.5) is 0 Å². The van der Waals surface area contributed by atoms with E-state index in [0.29, 0.717) is 0 Å². The Balaban J connectivity index is 2.15. The van der Waals surface area contributed by atoms with E-state index in [4.69, 9.17) is 16.3 Å². The predicted molar refractivity (Wildman–Crippen MR) is 76.3 cm³/mol. The molecule has 5 heteroatoms. The first-order valence-corrected chi connectivity index (χ1v) is 7.17. The van der Waals surface area contributed by atoms with Gasteiger partial charge in [0.2, 0.25) is 0 Å². The van der Waals surface area contributed by atoms with Gasteiger partial charge in [0.25, 0.3) is 0 Å². The normalized spacial score (nSPS) is 20.9. The Morgan fingerprint density at radius 2 is 2.29 bits per heavy atom. The largest absolute Gasteiger partial charge is 0.356 e. The lowest BCUT2D eigenvalue weighted by molar-refractivity contribution is -0.0368. The van der Waals surface area contributed by atoms with Crippen molar-refractivity contribution in [2.45, 2.75) is 25.5 Å². The summed E-state index contributed by atoms with van der Waals surface area (Å²) in [5.74, 6) is 0. The second kappa shape index (κ2) is 4.74. The topological polar surface area (TPSA) is 27.1 Å². The van der Waals surface area contributed by atoms with Gasteiger partial charge in [-0.15, -0.1) is 0 Å². The summed E-state index contributed by atoms with van der Waals surface area (Å²) in [6.07, 6.45) is 3.38. The van der Waals surface area contributed by atoms with Crippen LogP contribution in [-0.4, -0.2) is 16.4 Å². The molecule has 1 saturated heterocycles. The molecule has 1 unspecified atom stereocenters. The molecule has 1 fully saturated rings. The van der Waals surface area contributed by atoms with Gasteiger partial charge in [-0.1, -0.05) is 17.7 Å². The lowest BCUT2D eigenvalue weighted by Gasteiger charge is -2.23. The van der Waals surface area contributed by atoms with Crippen molar-refractivity contribution >= 4 is 45.1 Å². The van der Waals surface area contributed by atoms with Gasteiger partial charge in [-0.05, 0) is 54.0 Å². The summed E-state index contributed by atoms with van der Waals surface area (Å²) in [4.78, 5) is 0. The van der Waals surface area contributed by atoms with Crippen molar-refractivity contribution < 1.29 is 4.74 Å². The zero-order valence-corrected chi connectivity index (χ0v) is 12.1. The maximum atomic E-state index is 6.28. The summed E-state index contributed by atoms with van der Waals surface area (Å²) < 4.78 is 8.70. The highest BCUT2D eigenvalue weighted by atomic mass is 127. The molecule has 90 valence electrons. The number of benzene rings is 1. The molecule has 2 aromatic rings. The van der Waals surface area contributed by atoms with Gasteiger partial charge < -0.3 is 4.74 Å². The summed E-state index contributed by atoms with van der Waals surface area (Å²) in [7, 11) is 0. The van der Waals surface area contributed by atoms with E-state index >= 15 is 0 Å². The van der Waals surface area contributed by atoms with E-state index in [-0.39, 0.29) is 6.23 Å². The highest BCUT2D eigenvalue weighted by molar-refractivity contribution is 14.1. The summed E-state index contributed by atoms with van der Waals surface area (Å²) in [6, 6.07) is 5.91. The molecule has 0 N–H and O–H groups in total. The van der Waals surface area contributed by atoms with Crippen molar-refractivity contribution in [3.05, 3.63) is 26.9 Å². The molecule has 1 aliphatic rings. The first-order valence-electron chi connectivity index (χ1n) is 5.71. The Hall–Kier alpha value is -0.330. The zero-order valence-electron chi connectivity index (χ0n) is 9.20. The molecule has 1 aliphatic heterocycles. The van der Waals surface area contributed by atoms with Gasteiger partial charge in [0.1, 0.15) is 3.70 Å². The SMILES string of the molecule is Clc1cccc2c(I)nn(C3CCCCO3)c12. The number of nitrogens with zero attached hydrogens (tertiary/aromatic N) is 2. The molecule has 3 nitrogen and oxygen atoms in total. The predicted octanol–water partition coefficient (Wildman–Crippen LogP) is 3.99. The van der Waals surface area contributed by atoms with Crippen LogP contribution in [0.5, 0.6) is 0 Å². The van der Waals surface area contributed by atoms with Crippen LogP contribution in [0.25, 0.3) is 10.9 Å². The fourth-order valence-corrected chi connectivity index (χ4v) is 3.17. The van der Waals surface area contributed by atoms with Gasteiger partial charge in [-0.2, -0.15) is 5.10 Å². The molecule has 1 aromatic heterocycles. The molecular formula is C12H12ClIN2O. The fraction of sp³-hybridized carbons (Fsp3) is 0.417. The lowest BCUT2D eigenvalue weighted by Crippen LogP contribution is -2.19. The number of fused-ring (bicyclic) bond motifs is 1. The van der Waals surface area contributed by atoms with Crippen LogP contribution in [-0.2, 0) is 4.74 Å². The molecule has 3 rings (SSSR count). The summed E-state index contributed by atoms with van der Waals surface area (Å²) in [5, 5.41) is 6.41. The first-order chi connectivity index (χ1) is 8.27. The van der Waals surface area contributed by atoms with Crippen LogP contribution in [0, 0.1) is 3.70 Å². The van der Waals surface area contributed by atoms with Gasteiger partial charge in [-0.3, -0.25) is 0 Å². The van der Waals surface area contributed by atoms with Gasteiger partial charge in [-0.25, -0.2) is 4.68 Å². The van der Waals surface area contributed by atoms with Crippen molar-refractivity contribution in [3.63, 3.8) is 0 Å². The van der Waals surface area contributed by atoms with Crippen molar-refractivity contribution in [1.29, 1.82) is 0 Å². The molecule has 0 bridgehead atoms. The van der Waals surface area contributed by atoms with Crippen molar-refractivity contribution in [1.82, 2.24) is 9.78 Å². The van der Waals surface area contributed by atoms with Crippen LogP contribution >= 0.6 is 34.2 Å². The molecule has 0 saturated carbocycles. The van der Waals surface area contributed by atoms with Crippen LogP contribution in [0.2, 0.25) is 5.02 Å². The third kappa shape index (κ3) is 2.06. The molecule has 2 heterocycles. The van der Waals surface area contributed by atoms with Crippen LogP contribution < -0.4 is 0 Å². The van der Waals surface area contributed by atoms with Gasteiger partial charge in [0.15, 0.2) is 6.23 Å². The number of halogens is 2. The molecular weight excluding hydrogens is 351 g/mol. The summed E-state index contributed by atoms with van der Waals surface area (Å²) in [6.45, 7) is 0.813. The Kier molecular flexibility index (Phi) is 3.28. The maximum absolute atomic E-state index is 6.28. The number of para-hydroxylation sites is 1. The van der Waals surface area contributed by atoms with Crippen molar-refractivity contribution in [3.8, 4) is 0 Å². The second-order valence-corrected chi connectivity index (χ2v) is 5.62. The standard InChI is InChI=1S/C12H12ClIN2O/c13-9-5-3-4-8-11(9)16(15-12(8)14)10-6-1-2-7-17-10/h3-5,10H,1-2,6-7H2. The number of aromatic nitrogens is 2. The van der Waals surface area contributed by atoms with Crippen molar-refractivity contribution in [2.24, 2.45) is 0 Å². The quantitative estimate of drug-likeness (QED) is 0.717. The number of ether oxygens (including phenoxy) is 1. The van der Waals surface area contributed by atoms with E-state index < -0.39 is 0 Å². The van der Waals surface area contributed by atoms with Crippen molar-refractivity contribution in [2.75, 3.05) is 6.61 Å². The monoisotopic (exact) mass is 362 g/mol. The third-order valence-electron chi connectivity index (χ3n) is 3.06. The van der Waals surface area contributed by atoms with E-state index in [1.165, 1.54) is 6.42 Å².